The molecule has 0 radical (unpaired) electrons. The number of sulfone groups is 1. The van der Waals surface area contributed by atoms with Gasteiger partial charge in [-0.2, -0.15) is 17.5 Å². The zero-order chi connectivity index (χ0) is 26.1. The maximum Gasteiger partial charge on any atom is 0.433 e. The van der Waals surface area contributed by atoms with Crippen molar-refractivity contribution in [3.63, 3.8) is 0 Å². The number of halogens is 3. The predicted octanol–water partition coefficient (Wildman–Crippen LogP) is 2.47. The number of piperidine rings is 1. The van der Waals surface area contributed by atoms with E-state index in [2.05, 4.69) is 14.8 Å². The largest absolute Gasteiger partial charge is 0.433 e. The normalized spacial score (nSPS) is 20.0. The van der Waals surface area contributed by atoms with Crippen molar-refractivity contribution in [2.75, 3.05) is 45.5 Å². The van der Waals surface area contributed by atoms with Crippen LogP contribution >= 0.6 is 0 Å². The highest BCUT2D eigenvalue weighted by Gasteiger charge is 2.34. The van der Waals surface area contributed by atoms with Gasteiger partial charge in [0.05, 0.1) is 9.79 Å². The molecular weight excluding hydrogens is 517 g/mol. The van der Waals surface area contributed by atoms with Crippen LogP contribution in [0.2, 0.25) is 0 Å². The number of nitrogens with zero attached hydrogens (tertiary/aromatic N) is 4. The van der Waals surface area contributed by atoms with E-state index < -0.39 is 31.7 Å². The lowest BCUT2D eigenvalue weighted by Crippen LogP contribution is -2.54. The average molecular weight is 547 g/mol. The molecule has 2 aliphatic rings. The first-order valence-electron chi connectivity index (χ1n) is 11.6. The Morgan fingerprint density at radius 1 is 0.917 bits per heavy atom. The Hall–Kier alpha value is -2.06. The van der Waals surface area contributed by atoms with E-state index in [1.165, 1.54) is 40.8 Å². The number of sulfonamides is 1. The fraction of sp³-hybridized carbons (Fsp3) is 0.522. The fourth-order valence-corrected chi connectivity index (χ4v) is 6.92. The van der Waals surface area contributed by atoms with Gasteiger partial charge >= 0.3 is 6.18 Å². The quantitative estimate of drug-likeness (QED) is 0.550. The summed E-state index contributed by atoms with van der Waals surface area (Å²) in [5, 5.41) is 0. The molecule has 0 bridgehead atoms. The monoisotopic (exact) mass is 546 g/mol. The van der Waals surface area contributed by atoms with E-state index in [1.54, 1.807) is 0 Å². The van der Waals surface area contributed by atoms with E-state index in [4.69, 9.17) is 0 Å². The van der Waals surface area contributed by atoms with Gasteiger partial charge in [-0.3, -0.25) is 14.8 Å². The first-order valence-corrected chi connectivity index (χ1v) is 15.0. The number of hydrogen-bond acceptors (Lipinski definition) is 7. The van der Waals surface area contributed by atoms with Crippen molar-refractivity contribution < 1.29 is 30.0 Å². The maximum atomic E-state index is 13.1. The van der Waals surface area contributed by atoms with Crippen molar-refractivity contribution in [1.29, 1.82) is 0 Å². The van der Waals surface area contributed by atoms with Crippen LogP contribution in [0.1, 0.15) is 24.1 Å². The lowest BCUT2D eigenvalue weighted by Gasteiger charge is -2.42. The van der Waals surface area contributed by atoms with Gasteiger partial charge in [-0.05, 0) is 55.8 Å². The number of rotatable bonds is 6. The molecule has 0 N–H and O–H groups in total. The number of aromatic nitrogens is 1. The van der Waals surface area contributed by atoms with Crippen molar-refractivity contribution in [2.24, 2.45) is 0 Å². The average Bonchev–Trinajstić information content (AvgIpc) is 2.84. The molecule has 8 nitrogen and oxygen atoms in total. The van der Waals surface area contributed by atoms with E-state index in [0.717, 1.165) is 43.8 Å². The molecule has 2 aromatic rings. The van der Waals surface area contributed by atoms with Crippen molar-refractivity contribution in [3.8, 4) is 0 Å². The Balaban J connectivity index is 1.28. The Morgan fingerprint density at radius 3 is 2.11 bits per heavy atom. The van der Waals surface area contributed by atoms with Gasteiger partial charge in [0.2, 0.25) is 10.0 Å². The third kappa shape index (κ3) is 6.25. The summed E-state index contributed by atoms with van der Waals surface area (Å²) in [6, 6.07) is 8.23. The van der Waals surface area contributed by atoms with Crippen molar-refractivity contribution in [1.82, 2.24) is 19.1 Å². The molecule has 0 saturated carbocycles. The highest BCUT2D eigenvalue weighted by molar-refractivity contribution is 7.91. The van der Waals surface area contributed by atoms with Gasteiger partial charge in [0.25, 0.3) is 0 Å². The molecule has 0 spiro atoms. The van der Waals surface area contributed by atoms with E-state index in [1.807, 2.05) is 0 Å². The van der Waals surface area contributed by atoms with E-state index >= 15 is 0 Å². The molecule has 0 aliphatic carbocycles. The minimum atomic E-state index is -4.44. The van der Waals surface area contributed by atoms with Crippen LogP contribution in [0, 0.1) is 0 Å². The number of benzene rings is 1. The summed E-state index contributed by atoms with van der Waals surface area (Å²) in [6.45, 7) is 3.93. The number of hydrogen-bond donors (Lipinski definition) is 0. The second kappa shape index (κ2) is 10.4. The highest BCUT2D eigenvalue weighted by Crippen LogP contribution is 2.28. The number of pyridine rings is 1. The Labute approximate surface area is 209 Å². The van der Waals surface area contributed by atoms with Crippen LogP contribution in [-0.2, 0) is 32.6 Å². The molecule has 0 amide bonds. The van der Waals surface area contributed by atoms with Crippen LogP contribution in [0.25, 0.3) is 0 Å². The molecule has 4 rings (SSSR count). The summed E-state index contributed by atoms with van der Waals surface area (Å²) < 4.78 is 89.3. The summed E-state index contributed by atoms with van der Waals surface area (Å²) in [4.78, 5) is 7.95. The summed E-state index contributed by atoms with van der Waals surface area (Å²) in [7, 11) is -7.31. The van der Waals surface area contributed by atoms with Gasteiger partial charge < -0.3 is 0 Å². The highest BCUT2D eigenvalue weighted by atomic mass is 32.2. The molecule has 2 aliphatic heterocycles. The lowest BCUT2D eigenvalue weighted by atomic mass is 10.0. The second-order valence-corrected chi connectivity index (χ2v) is 13.2. The minimum absolute atomic E-state index is 0.0232. The summed E-state index contributed by atoms with van der Waals surface area (Å²) in [5.41, 5.74) is -0.158. The number of alkyl halides is 3. The van der Waals surface area contributed by atoms with Crippen LogP contribution in [-0.4, -0.2) is 87.5 Å². The number of likely N-dealkylation sites (tertiary alicyclic amines) is 1. The molecule has 1 aromatic carbocycles. The van der Waals surface area contributed by atoms with Gasteiger partial charge in [0.1, 0.15) is 5.69 Å². The Morgan fingerprint density at radius 2 is 1.56 bits per heavy atom. The molecule has 36 heavy (non-hydrogen) atoms. The maximum absolute atomic E-state index is 13.1. The first-order chi connectivity index (χ1) is 16.8. The lowest BCUT2D eigenvalue weighted by molar-refractivity contribution is -0.141. The third-order valence-electron chi connectivity index (χ3n) is 6.74. The standard InChI is InChI=1S/C23H29F3N4O4S2/c1-35(31,32)20-3-2-4-21(15-20)36(33,34)30-13-11-29(12-14-30)19-7-9-28(10-8-19)17-18-5-6-22(27-16-18)23(24,25)26/h2-6,15-16,19H,7-14,17H2,1H3. The van der Waals surface area contributed by atoms with E-state index in [0.29, 0.717) is 38.8 Å². The van der Waals surface area contributed by atoms with Gasteiger partial charge in [-0.15, -0.1) is 0 Å². The summed E-state index contributed by atoms with van der Waals surface area (Å²) in [6.07, 6.45) is -0.349. The van der Waals surface area contributed by atoms with Gasteiger partial charge in [0, 0.05) is 51.2 Å². The van der Waals surface area contributed by atoms with Gasteiger partial charge in [0.15, 0.2) is 9.84 Å². The predicted molar refractivity (Wildman–Crippen MR) is 127 cm³/mol. The van der Waals surface area contributed by atoms with Crippen LogP contribution in [0.4, 0.5) is 13.2 Å². The van der Waals surface area contributed by atoms with E-state index in [9.17, 15) is 30.0 Å². The Bertz CT molecular complexity index is 1270. The molecule has 13 heteroatoms. The smallest absolute Gasteiger partial charge is 0.299 e. The molecule has 198 valence electrons. The summed E-state index contributed by atoms with van der Waals surface area (Å²) >= 11 is 0. The van der Waals surface area contributed by atoms with Crippen molar-refractivity contribution in [3.05, 3.63) is 53.9 Å². The zero-order valence-corrected chi connectivity index (χ0v) is 21.5. The number of piperazine rings is 1. The second-order valence-electron chi connectivity index (χ2n) is 9.24. The van der Waals surface area contributed by atoms with Crippen LogP contribution in [0.3, 0.4) is 0 Å². The molecule has 0 atom stereocenters. The van der Waals surface area contributed by atoms with Gasteiger partial charge in [-0.25, -0.2) is 16.8 Å². The molecule has 1 aromatic heterocycles. The minimum Gasteiger partial charge on any atom is -0.299 e. The molecular formula is C23H29F3N4O4S2. The third-order valence-corrected chi connectivity index (χ3v) is 9.74. The summed E-state index contributed by atoms with van der Waals surface area (Å²) in [5.74, 6) is 0. The molecule has 2 saturated heterocycles. The van der Waals surface area contributed by atoms with Crippen LogP contribution < -0.4 is 0 Å². The SMILES string of the molecule is CS(=O)(=O)c1cccc(S(=O)(=O)N2CCN(C3CCN(Cc4ccc(C(F)(F)F)nc4)CC3)CC2)c1. The van der Waals surface area contributed by atoms with Crippen LogP contribution in [0.5, 0.6) is 0 Å². The van der Waals surface area contributed by atoms with Gasteiger partial charge in [-0.1, -0.05) is 12.1 Å². The van der Waals surface area contributed by atoms with Crippen molar-refractivity contribution >= 4 is 19.9 Å². The fourth-order valence-electron chi connectivity index (χ4n) is 4.71. The Kier molecular flexibility index (Phi) is 7.77. The van der Waals surface area contributed by atoms with E-state index in [-0.39, 0.29) is 9.79 Å². The topological polar surface area (TPSA) is 90.9 Å². The van der Waals surface area contributed by atoms with Crippen LogP contribution in [0.15, 0.2) is 52.4 Å². The molecule has 3 heterocycles. The zero-order valence-electron chi connectivity index (χ0n) is 19.9. The van der Waals surface area contributed by atoms with Crippen molar-refractivity contribution in [2.45, 2.75) is 41.4 Å². The molecule has 0 unspecified atom stereocenters. The molecule has 2 fully saturated rings. The first kappa shape index (κ1) is 27.0.